The molecule has 0 saturated carbocycles. The van der Waals surface area contributed by atoms with Crippen LogP contribution < -0.4 is 14.4 Å². The smallest absolute Gasteiger partial charge is 0.270 e. The summed E-state index contributed by atoms with van der Waals surface area (Å²) < 4.78 is 14.0. The van der Waals surface area contributed by atoms with Gasteiger partial charge in [-0.05, 0) is 89.2 Å². The molecule has 0 aliphatic carbocycles. The van der Waals surface area contributed by atoms with Gasteiger partial charge in [0.1, 0.15) is 6.61 Å². The molecule has 1 heterocycles. The first-order chi connectivity index (χ1) is 17.3. The highest BCUT2D eigenvalue weighted by atomic mass is 127. The van der Waals surface area contributed by atoms with E-state index >= 15 is 0 Å². The highest BCUT2D eigenvalue weighted by Crippen LogP contribution is 2.39. The second-order valence-corrected chi connectivity index (χ2v) is 11.2. The molecule has 0 bridgehead atoms. The zero-order valence-corrected chi connectivity index (χ0v) is 24.1. The van der Waals surface area contributed by atoms with Crippen LogP contribution in [0.2, 0.25) is 0 Å². The van der Waals surface area contributed by atoms with Crippen molar-refractivity contribution in [3.63, 3.8) is 0 Å². The van der Waals surface area contributed by atoms with Crippen molar-refractivity contribution in [2.75, 3.05) is 11.5 Å². The van der Waals surface area contributed by atoms with Gasteiger partial charge in [0.25, 0.3) is 11.6 Å². The lowest BCUT2D eigenvalue weighted by Gasteiger charge is -2.15. The number of nitrogens with zero attached hydrogens (tertiary/aromatic N) is 2. The summed E-state index contributed by atoms with van der Waals surface area (Å²) in [6.07, 6.45) is 1.79. The van der Waals surface area contributed by atoms with Gasteiger partial charge in [-0.25, -0.2) is 0 Å². The molecule has 184 valence electrons. The van der Waals surface area contributed by atoms with Gasteiger partial charge in [0.05, 0.1) is 25.7 Å². The number of nitro groups is 1. The van der Waals surface area contributed by atoms with Gasteiger partial charge < -0.3 is 9.47 Å². The fraction of sp³-hybridized carbons (Fsp3) is 0.120. The Morgan fingerprint density at radius 3 is 2.58 bits per heavy atom. The number of thiocarbonyl (C=S) groups is 1. The number of nitro benzene ring substituents is 1. The van der Waals surface area contributed by atoms with Crippen molar-refractivity contribution in [2.45, 2.75) is 13.5 Å². The van der Waals surface area contributed by atoms with Crippen molar-refractivity contribution < 1.29 is 19.2 Å². The topological polar surface area (TPSA) is 81.9 Å². The molecule has 36 heavy (non-hydrogen) atoms. The summed E-state index contributed by atoms with van der Waals surface area (Å²) in [6, 6.07) is 17.4. The van der Waals surface area contributed by atoms with Crippen molar-refractivity contribution in [1.82, 2.24) is 0 Å². The minimum absolute atomic E-state index is 0.0259. The average Bonchev–Trinajstić information content (AvgIpc) is 3.11. The van der Waals surface area contributed by atoms with Gasteiger partial charge in [-0.1, -0.05) is 46.0 Å². The molecule has 3 aromatic carbocycles. The Bertz CT molecular complexity index is 1380. The van der Waals surface area contributed by atoms with E-state index in [4.69, 9.17) is 21.7 Å². The first-order valence-electron chi connectivity index (χ1n) is 10.6. The molecule has 11 heteroatoms. The molecule has 1 aliphatic rings. The van der Waals surface area contributed by atoms with E-state index in [9.17, 15) is 14.9 Å². The summed E-state index contributed by atoms with van der Waals surface area (Å²) >= 11 is 12.3. The molecular weight excluding hydrogens is 679 g/mol. The number of benzene rings is 3. The molecule has 0 spiro atoms. The van der Waals surface area contributed by atoms with Gasteiger partial charge in [0.15, 0.2) is 15.8 Å². The number of amides is 1. The van der Waals surface area contributed by atoms with E-state index in [0.717, 1.165) is 19.2 Å². The summed E-state index contributed by atoms with van der Waals surface area (Å²) in [6.45, 7) is 2.53. The minimum Gasteiger partial charge on any atom is -0.490 e. The summed E-state index contributed by atoms with van der Waals surface area (Å²) in [5.41, 5.74) is 2.30. The van der Waals surface area contributed by atoms with E-state index in [1.165, 1.54) is 28.8 Å². The van der Waals surface area contributed by atoms with Gasteiger partial charge >= 0.3 is 0 Å². The van der Waals surface area contributed by atoms with Crippen molar-refractivity contribution in [2.24, 2.45) is 0 Å². The summed E-state index contributed by atoms with van der Waals surface area (Å²) in [5, 5.41) is 10.9. The fourth-order valence-corrected chi connectivity index (χ4v) is 5.87. The fourth-order valence-electron chi connectivity index (χ4n) is 3.40. The molecule has 1 aliphatic heterocycles. The predicted octanol–water partition coefficient (Wildman–Crippen LogP) is 7.35. The number of carbonyl (C=O) groups excluding carboxylic acids is 1. The van der Waals surface area contributed by atoms with Gasteiger partial charge in [0.2, 0.25) is 0 Å². The van der Waals surface area contributed by atoms with E-state index in [0.29, 0.717) is 33.0 Å². The number of non-ortho nitro benzene ring substituents is 1. The number of halogens is 2. The van der Waals surface area contributed by atoms with Crippen LogP contribution in [0, 0.1) is 13.7 Å². The third-order valence-corrected chi connectivity index (χ3v) is 7.62. The van der Waals surface area contributed by atoms with E-state index in [1.807, 2.05) is 43.3 Å². The lowest BCUT2D eigenvalue weighted by atomic mass is 10.1. The molecule has 0 N–H and O–H groups in total. The summed E-state index contributed by atoms with van der Waals surface area (Å²) in [4.78, 5) is 25.6. The average molecular weight is 697 g/mol. The highest BCUT2D eigenvalue weighted by Gasteiger charge is 2.33. The lowest BCUT2D eigenvalue weighted by Crippen LogP contribution is -2.27. The number of hydrogen-bond donors (Lipinski definition) is 0. The van der Waals surface area contributed by atoms with Crippen molar-refractivity contribution in [3.05, 3.63) is 94.9 Å². The maximum atomic E-state index is 13.2. The second-order valence-electron chi connectivity index (χ2n) is 7.47. The Labute approximate surface area is 239 Å². The monoisotopic (exact) mass is 696 g/mol. The summed E-state index contributed by atoms with van der Waals surface area (Å²) in [7, 11) is 0. The standard InChI is InChI=1S/C25H18BrIN2O5S2/c1-2-33-21-11-16(10-20(27)23(21)34-14-15-6-8-18(9-7-15)29(31)32)12-22-24(30)28(25(35)36-22)19-5-3-4-17(26)13-19/h3-13H,2,14H2,1H3/b22-12+. The molecule has 3 aromatic rings. The first-order valence-corrected chi connectivity index (χ1v) is 13.7. The number of carbonyl (C=O) groups is 1. The van der Waals surface area contributed by atoms with Crippen molar-refractivity contribution in [1.29, 1.82) is 0 Å². The van der Waals surface area contributed by atoms with Crippen LogP contribution >= 0.6 is 62.5 Å². The zero-order valence-electron chi connectivity index (χ0n) is 18.8. The highest BCUT2D eigenvalue weighted by molar-refractivity contribution is 14.1. The second kappa shape index (κ2) is 11.7. The Kier molecular flexibility index (Phi) is 8.65. The van der Waals surface area contributed by atoms with E-state index in [2.05, 4.69) is 38.5 Å². The molecule has 0 atom stereocenters. The zero-order chi connectivity index (χ0) is 25.8. The SMILES string of the molecule is CCOc1cc(/C=C2/SC(=S)N(c3cccc(Br)c3)C2=O)cc(I)c1OCc1ccc([N+](=O)[O-])cc1. The normalized spacial score (nSPS) is 14.4. The maximum absolute atomic E-state index is 13.2. The third kappa shape index (κ3) is 6.07. The molecular formula is C25H18BrIN2O5S2. The largest absolute Gasteiger partial charge is 0.490 e. The summed E-state index contributed by atoms with van der Waals surface area (Å²) in [5.74, 6) is 0.921. The van der Waals surface area contributed by atoms with Crippen LogP contribution in [-0.4, -0.2) is 21.8 Å². The number of hydrogen-bond acceptors (Lipinski definition) is 7. The molecule has 1 fully saturated rings. The van der Waals surface area contributed by atoms with Crippen molar-refractivity contribution in [3.8, 4) is 11.5 Å². The van der Waals surface area contributed by atoms with Gasteiger partial charge in [-0.15, -0.1) is 0 Å². The molecule has 4 rings (SSSR count). The van der Waals surface area contributed by atoms with Crippen LogP contribution in [0.3, 0.4) is 0 Å². The first kappa shape index (κ1) is 26.6. The molecule has 1 amide bonds. The van der Waals surface area contributed by atoms with Crippen LogP contribution in [0.15, 0.2) is 70.0 Å². The van der Waals surface area contributed by atoms with Gasteiger partial charge in [0, 0.05) is 16.6 Å². The van der Waals surface area contributed by atoms with Crippen LogP contribution in [0.4, 0.5) is 11.4 Å². The van der Waals surface area contributed by atoms with Gasteiger partial charge in [-0.3, -0.25) is 19.8 Å². The van der Waals surface area contributed by atoms with E-state index in [1.54, 1.807) is 18.2 Å². The van der Waals surface area contributed by atoms with Crippen LogP contribution in [0.25, 0.3) is 6.08 Å². The number of thioether (sulfide) groups is 1. The maximum Gasteiger partial charge on any atom is 0.270 e. The van der Waals surface area contributed by atoms with Crippen molar-refractivity contribution >= 4 is 90.2 Å². The Hall–Kier alpha value is -2.48. The van der Waals surface area contributed by atoms with Crippen LogP contribution in [-0.2, 0) is 11.4 Å². The Morgan fingerprint density at radius 2 is 1.92 bits per heavy atom. The van der Waals surface area contributed by atoms with E-state index < -0.39 is 4.92 Å². The van der Waals surface area contributed by atoms with Crippen LogP contribution in [0.1, 0.15) is 18.1 Å². The molecule has 0 aromatic heterocycles. The van der Waals surface area contributed by atoms with Gasteiger partial charge in [-0.2, -0.15) is 0 Å². The molecule has 1 saturated heterocycles. The van der Waals surface area contributed by atoms with E-state index in [-0.39, 0.29) is 18.2 Å². The quantitative estimate of drug-likeness (QED) is 0.0801. The molecule has 0 unspecified atom stereocenters. The number of anilines is 1. The number of rotatable bonds is 8. The Morgan fingerprint density at radius 1 is 1.17 bits per heavy atom. The minimum atomic E-state index is -0.438. The van der Waals surface area contributed by atoms with Crippen LogP contribution in [0.5, 0.6) is 11.5 Å². The predicted molar refractivity (Wildman–Crippen MR) is 158 cm³/mol. The molecule has 0 radical (unpaired) electrons. The third-order valence-electron chi connectivity index (χ3n) is 5.02. The number of ether oxygens (including phenoxy) is 2. The lowest BCUT2D eigenvalue weighted by molar-refractivity contribution is -0.384. The molecule has 7 nitrogen and oxygen atoms in total. The Balaban J connectivity index is 1.57.